The van der Waals surface area contributed by atoms with Crippen molar-refractivity contribution in [2.45, 2.75) is 38.5 Å². The van der Waals surface area contributed by atoms with E-state index in [1.165, 1.54) is 25.7 Å². The monoisotopic (exact) mass is 371 g/mol. The minimum Gasteiger partial charge on any atom is -0.356 e. The van der Waals surface area contributed by atoms with E-state index in [1.807, 2.05) is 0 Å². The summed E-state index contributed by atoms with van der Waals surface area (Å²) in [6, 6.07) is 2.12. The number of nitrogens with zero attached hydrogens (tertiary/aromatic N) is 7. The fourth-order valence-electron chi connectivity index (χ4n) is 3.75. The first kappa shape index (κ1) is 16.2. The highest BCUT2D eigenvalue weighted by atomic mass is 32.1. The molecule has 2 aliphatic heterocycles. The predicted molar refractivity (Wildman–Crippen MR) is 105 cm³/mol. The van der Waals surface area contributed by atoms with Crippen molar-refractivity contribution in [1.82, 2.24) is 19.3 Å². The molecule has 5 rings (SSSR count). The number of anilines is 3. The summed E-state index contributed by atoms with van der Waals surface area (Å²) in [5.41, 5.74) is 1.05. The maximum atomic E-state index is 4.87. The fraction of sp³-hybridized carbons (Fsp3) is 0.667. The molecule has 4 heterocycles. The number of hydrogen-bond donors (Lipinski definition) is 0. The summed E-state index contributed by atoms with van der Waals surface area (Å²) < 4.78 is 4.54. The molecule has 2 aromatic rings. The highest BCUT2D eigenvalue weighted by Gasteiger charge is 2.29. The van der Waals surface area contributed by atoms with Crippen LogP contribution in [0.1, 0.15) is 43.1 Å². The van der Waals surface area contributed by atoms with Gasteiger partial charge in [0, 0.05) is 68.5 Å². The predicted octanol–water partition coefficient (Wildman–Crippen LogP) is 2.44. The highest BCUT2D eigenvalue weighted by molar-refractivity contribution is 7.09. The molecule has 26 heavy (non-hydrogen) atoms. The molecule has 0 bridgehead atoms. The first-order valence-corrected chi connectivity index (χ1v) is 10.5. The van der Waals surface area contributed by atoms with E-state index >= 15 is 0 Å². The summed E-state index contributed by atoms with van der Waals surface area (Å²) >= 11 is 1.55. The van der Waals surface area contributed by atoms with E-state index in [-0.39, 0.29) is 0 Å². The van der Waals surface area contributed by atoms with Gasteiger partial charge in [-0.25, -0.2) is 9.97 Å². The topological polar surface area (TPSA) is 61.3 Å². The summed E-state index contributed by atoms with van der Waals surface area (Å²) in [6.45, 7) is 8.07. The summed E-state index contributed by atoms with van der Waals surface area (Å²) in [5.74, 6) is 3.66. The van der Waals surface area contributed by atoms with Gasteiger partial charge in [-0.05, 0) is 32.6 Å². The van der Waals surface area contributed by atoms with Crippen molar-refractivity contribution in [3.05, 3.63) is 17.6 Å². The van der Waals surface area contributed by atoms with Crippen molar-refractivity contribution in [3.8, 4) is 0 Å². The third kappa shape index (κ3) is 3.22. The molecule has 138 valence electrons. The third-order valence-electron chi connectivity index (χ3n) is 5.47. The van der Waals surface area contributed by atoms with E-state index in [2.05, 4.69) is 32.1 Å². The molecule has 1 aliphatic carbocycles. The Labute approximate surface area is 158 Å². The Morgan fingerprint density at radius 3 is 2.35 bits per heavy atom. The molecule has 2 aromatic heterocycles. The van der Waals surface area contributed by atoms with Crippen molar-refractivity contribution in [2.75, 3.05) is 54.0 Å². The number of aromatic nitrogens is 4. The van der Waals surface area contributed by atoms with Crippen LogP contribution < -0.4 is 14.7 Å². The van der Waals surface area contributed by atoms with Gasteiger partial charge in [-0.2, -0.15) is 9.36 Å². The highest BCUT2D eigenvalue weighted by Crippen LogP contribution is 2.39. The zero-order valence-electron chi connectivity index (χ0n) is 15.3. The number of hydrogen-bond acceptors (Lipinski definition) is 8. The van der Waals surface area contributed by atoms with Crippen LogP contribution in [0.4, 0.5) is 16.9 Å². The molecule has 0 amide bonds. The van der Waals surface area contributed by atoms with Crippen LogP contribution in [0.2, 0.25) is 0 Å². The lowest BCUT2D eigenvalue weighted by Gasteiger charge is -2.34. The molecular weight excluding hydrogens is 346 g/mol. The summed E-state index contributed by atoms with van der Waals surface area (Å²) in [4.78, 5) is 21.4. The Balaban J connectivity index is 1.27. The van der Waals surface area contributed by atoms with E-state index in [0.29, 0.717) is 5.92 Å². The van der Waals surface area contributed by atoms with Gasteiger partial charge in [0.05, 0.1) is 0 Å². The molecule has 0 unspecified atom stereocenters. The van der Waals surface area contributed by atoms with Gasteiger partial charge in [-0.1, -0.05) is 0 Å². The van der Waals surface area contributed by atoms with Crippen LogP contribution in [0.5, 0.6) is 0 Å². The van der Waals surface area contributed by atoms with Crippen LogP contribution in [-0.4, -0.2) is 58.6 Å². The van der Waals surface area contributed by atoms with Crippen LogP contribution in [0.3, 0.4) is 0 Å². The van der Waals surface area contributed by atoms with E-state index in [0.717, 1.165) is 67.7 Å². The zero-order chi connectivity index (χ0) is 17.5. The van der Waals surface area contributed by atoms with Gasteiger partial charge in [0.25, 0.3) is 0 Å². The second kappa shape index (κ2) is 6.64. The number of rotatable bonds is 4. The molecule has 0 spiro atoms. The SMILES string of the molecule is Cc1cc(N2CCCC2)nc(N2CCN(c3nc(C4CC4)ns3)CC2)n1. The molecule has 1 saturated carbocycles. The van der Waals surface area contributed by atoms with Gasteiger partial charge in [0.2, 0.25) is 11.1 Å². The van der Waals surface area contributed by atoms with Gasteiger partial charge < -0.3 is 14.7 Å². The lowest BCUT2D eigenvalue weighted by Crippen LogP contribution is -2.47. The minimum atomic E-state index is 0.631. The van der Waals surface area contributed by atoms with Crippen molar-refractivity contribution in [3.63, 3.8) is 0 Å². The first-order chi connectivity index (χ1) is 12.8. The molecule has 0 N–H and O–H groups in total. The molecule has 3 fully saturated rings. The Kier molecular flexibility index (Phi) is 4.15. The van der Waals surface area contributed by atoms with Crippen molar-refractivity contribution in [1.29, 1.82) is 0 Å². The smallest absolute Gasteiger partial charge is 0.227 e. The molecule has 8 heteroatoms. The van der Waals surface area contributed by atoms with Gasteiger partial charge in [-0.15, -0.1) is 0 Å². The quantitative estimate of drug-likeness (QED) is 0.818. The van der Waals surface area contributed by atoms with E-state index in [9.17, 15) is 0 Å². The summed E-state index contributed by atoms with van der Waals surface area (Å²) in [7, 11) is 0. The zero-order valence-corrected chi connectivity index (χ0v) is 16.1. The van der Waals surface area contributed by atoms with Crippen LogP contribution in [0.15, 0.2) is 6.07 Å². The van der Waals surface area contributed by atoms with Crippen LogP contribution in [0, 0.1) is 6.92 Å². The average molecular weight is 372 g/mol. The number of aryl methyl sites for hydroxylation is 1. The van der Waals surface area contributed by atoms with E-state index < -0.39 is 0 Å². The van der Waals surface area contributed by atoms with Gasteiger partial charge in [0.1, 0.15) is 11.6 Å². The van der Waals surface area contributed by atoms with Gasteiger partial charge >= 0.3 is 0 Å². The normalized spacial score (nSPS) is 20.9. The molecule has 7 nitrogen and oxygen atoms in total. The van der Waals surface area contributed by atoms with Gasteiger partial charge in [0.15, 0.2) is 0 Å². The number of piperazine rings is 1. The Bertz CT molecular complexity index is 774. The largest absolute Gasteiger partial charge is 0.356 e. The van der Waals surface area contributed by atoms with E-state index in [4.69, 9.17) is 15.0 Å². The maximum Gasteiger partial charge on any atom is 0.227 e. The van der Waals surface area contributed by atoms with Crippen LogP contribution in [-0.2, 0) is 0 Å². The van der Waals surface area contributed by atoms with E-state index in [1.54, 1.807) is 11.5 Å². The maximum absolute atomic E-state index is 4.87. The Hall–Kier alpha value is -1.96. The second-order valence-electron chi connectivity index (χ2n) is 7.55. The lowest BCUT2D eigenvalue weighted by atomic mass is 10.3. The molecule has 3 aliphatic rings. The molecule has 0 aromatic carbocycles. The van der Waals surface area contributed by atoms with Crippen molar-refractivity contribution >= 4 is 28.4 Å². The van der Waals surface area contributed by atoms with Crippen molar-refractivity contribution < 1.29 is 0 Å². The summed E-state index contributed by atoms with van der Waals surface area (Å²) in [6.07, 6.45) is 5.05. The average Bonchev–Trinajstić information content (AvgIpc) is 3.17. The Morgan fingerprint density at radius 1 is 0.885 bits per heavy atom. The van der Waals surface area contributed by atoms with Crippen LogP contribution in [0.25, 0.3) is 0 Å². The molecule has 2 saturated heterocycles. The lowest BCUT2D eigenvalue weighted by molar-refractivity contribution is 0.636. The molecule has 0 radical (unpaired) electrons. The fourth-order valence-corrected chi connectivity index (χ4v) is 4.54. The second-order valence-corrected chi connectivity index (χ2v) is 8.28. The van der Waals surface area contributed by atoms with Crippen LogP contribution >= 0.6 is 11.5 Å². The summed E-state index contributed by atoms with van der Waals surface area (Å²) in [5, 5.41) is 1.08. The molecular formula is C18H25N7S. The Morgan fingerprint density at radius 2 is 1.62 bits per heavy atom. The first-order valence-electron chi connectivity index (χ1n) is 9.70. The standard InChI is InChI=1S/C18H25N7S/c1-13-12-15(23-6-2-3-7-23)20-17(19-13)24-8-10-25(11-9-24)18-21-16(22-26-18)14-4-5-14/h12,14H,2-11H2,1H3. The third-order valence-corrected chi connectivity index (χ3v) is 6.26. The van der Waals surface area contributed by atoms with Crippen molar-refractivity contribution in [2.24, 2.45) is 0 Å². The van der Waals surface area contributed by atoms with Gasteiger partial charge in [-0.3, -0.25) is 0 Å². The minimum absolute atomic E-state index is 0.631. The molecule has 0 atom stereocenters.